The van der Waals surface area contributed by atoms with Gasteiger partial charge in [-0.2, -0.15) is 0 Å². The minimum atomic E-state index is -1.82. The Morgan fingerprint density at radius 2 is 2.06 bits per heavy atom. The monoisotopic (exact) mass is 431 g/mol. The number of rotatable bonds is 6. The number of alkyl halides is 2. The molecule has 3 aliphatic heterocycles. The molecule has 2 unspecified atom stereocenters. The van der Waals surface area contributed by atoms with E-state index < -0.39 is 18.4 Å². The Bertz CT molecular complexity index is 858. The standard InChI is InChI=1S/C25H35F2N3O/c1-4-5-19-6-7-20(16-21(19)31)18(2)29-13-10-25(11-14-29)23-9-8-22(24(3,27)17-26)30(23)15-12-28-25/h6-7,9,16,22,28,31H,2,4-5,8,10-15,17H2,1,3H3. The molecule has 3 aliphatic rings. The summed E-state index contributed by atoms with van der Waals surface area (Å²) < 4.78 is 28.1. The van der Waals surface area contributed by atoms with Crippen molar-refractivity contribution in [3.8, 4) is 5.75 Å². The Morgan fingerprint density at radius 3 is 2.71 bits per heavy atom. The largest absolute Gasteiger partial charge is 0.508 e. The van der Waals surface area contributed by atoms with E-state index in [-0.39, 0.29) is 5.54 Å². The van der Waals surface area contributed by atoms with Crippen LogP contribution in [0, 0.1) is 0 Å². The molecule has 0 saturated carbocycles. The van der Waals surface area contributed by atoms with Crippen LogP contribution in [0.15, 0.2) is 36.6 Å². The SMILES string of the molecule is C=C(c1ccc(CCC)c(O)c1)N1CCC2(CC1)NCCN1C2=CCC1C(C)(F)CF. The summed E-state index contributed by atoms with van der Waals surface area (Å²) in [6.07, 6.45) is 6.33. The number of phenols is 1. The molecule has 170 valence electrons. The van der Waals surface area contributed by atoms with E-state index in [0.29, 0.717) is 12.2 Å². The predicted octanol–water partition coefficient (Wildman–Crippen LogP) is 4.41. The average molecular weight is 432 g/mol. The number of hydrogen-bond donors (Lipinski definition) is 2. The molecule has 0 aromatic heterocycles. The zero-order valence-electron chi connectivity index (χ0n) is 18.8. The molecule has 6 heteroatoms. The Balaban J connectivity index is 1.45. The van der Waals surface area contributed by atoms with Crippen LogP contribution >= 0.6 is 0 Å². The highest BCUT2D eigenvalue weighted by Gasteiger charge is 2.50. The van der Waals surface area contributed by atoms with Crippen LogP contribution in [0.25, 0.3) is 5.70 Å². The van der Waals surface area contributed by atoms with Crippen LogP contribution in [0.4, 0.5) is 8.78 Å². The Morgan fingerprint density at radius 1 is 1.32 bits per heavy atom. The number of aromatic hydroxyl groups is 1. The van der Waals surface area contributed by atoms with Crippen molar-refractivity contribution in [2.75, 3.05) is 32.9 Å². The van der Waals surface area contributed by atoms with Crippen molar-refractivity contribution in [3.05, 3.63) is 47.7 Å². The Labute approximate surface area is 184 Å². The first-order valence-electron chi connectivity index (χ1n) is 11.5. The highest BCUT2D eigenvalue weighted by molar-refractivity contribution is 5.64. The summed E-state index contributed by atoms with van der Waals surface area (Å²) >= 11 is 0. The lowest BCUT2D eigenvalue weighted by molar-refractivity contribution is 0.0222. The van der Waals surface area contributed by atoms with Gasteiger partial charge in [0.15, 0.2) is 5.67 Å². The lowest BCUT2D eigenvalue weighted by atomic mass is 9.82. The fourth-order valence-corrected chi connectivity index (χ4v) is 5.55. The number of fused-ring (bicyclic) bond motifs is 2. The topological polar surface area (TPSA) is 38.7 Å². The number of likely N-dealkylation sites (tertiary alicyclic amines) is 1. The molecule has 2 saturated heterocycles. The van der Waals surface area contributed by atoms with Crippen LogP contribution < -0.4 is 5.32 Å². The summed E-state index contributed by atoms with van der Waals surface area (Å²) in [6.45, 7) is 9.99. The fourth-order valence-electron chi connectivity index (χ4n) is 5.55. The molecular formula is C25H35F2N3O. The summed E-state index contributed by atoms with van der Waals surface area (Å²) in [7, 11) is 0. The maximum Gasteiger partial charge on any atom is 0.156 e. The van der Waals surface area contributed by atoms with Crippen LogP contribution in [0.2, 0.25) is 0 Å². The summed E-state index contributed by atoms with van der Waals surface area (Å²) in [5.74, 6) is 0.336. The molecular weight excluding hydrogens is 396 g/mol. The second-order valence-corrected chi connectivity index (χ2v) is 9.48. The number of phenolic OH excluding ortho intramolecular Hbond substituents is 1. The van der Waals surface area contributed by atoms with Gasteiger partial charge in [0.2, 0.25) is 0 Å². The Hall–Kier alpha value is -2.08. The molecule has 0 aliphatic carbocycles. The first-order valence-corrected chi connectivity index (χ1v) is 11.5. The molecule has 2 N–H and O–H groups in total. The summed E-state index contributed by atoms with van der Waals surface area (Å²) in [5, 5.41) is 14.0. The van der Waals surface area contributed by atoms with Crippen LogP contribution in [0.5, 0.6) is 5.75 Å². The second-order valence-electron chi connectivity index (χ2n) is 9.48. The van der Waals surface area contributed by atoms with E-state index in [1.807, 2.05) is 18.2 Å². The summed E-state index contributed by atoms with van der Waals surface area (Å²) in [5.41, 5.74) is 1.99. The van der Waals surface area contributed by atoms with E-state index in [4.69, 9.17) is 0 Å². The predicted molar refractivity (Wildman–Crippen MR) is 121 cm³/mol. The smallest absolute Gasteiger partial charge is 0.156 e. The van der Waals surface area contributed by atoms with E-state index in [2.05, 4.69) is 34.7 Å². The summed E-state index contributed by atoms with van der Waals surface area (Å²) in [4.78, 5) is 4.39. The second kappa shape index (κ2) is 8.45. The normalized spacial score (nSPS) is 24.6. The number of nitrogens with zero attached hydrogens (tertiary/aromatic N) is 2. The zero-order chi connectivity index (χ0) is 22.2. The van der Waals surface area contributed by atoms with Gasteiger partial charge in [0.1, 0.15) is 12.4 Å². The molecule has 4 rings (SSSR count). The summed E-state index contributed by atoms with van der Waals surface area (Å²) in [6, 6.07) is 5.44. The van der Waals surface area contributed by atoms with Gasteiger partial charge in [0.05, 0.1) is 11.6 Å². The highest BCUT2D eigenvalue weighted by atomic mass is 19.2. The first-order chi connectivity index (χ1) is 14.8. The number of nitrogens with one attached hydrogen (secondary N) is 1. The molecule has 0 radical (unpaired) electrons. The first kappa shape index (κ1) is 22.1. The average Bonchev–Trinajstić information content (AvgIpc) is 3.22. The van der Waals surface area contributed by atoms with Crippen LogP contribution in [-0.4, -0.2) is 65.0 Å². The van der Waals surface area contributed by atoms with Crippen molar-refractivity contribution in [1.82, 2.24) is 15.1 Å². The third kappa shape index (κ3) is 3.95. The van der Waals surface area contributed by atoms with Gasteiger partial charge in [-0.25, -0.2) is 8.78 Å². The molecule has 0 bridgehead atoms. The maximum atomic E-state index is 14.8. The van der Waals surface area contributed by atoms with Gasteiger partial charge in [-0.15, -0.1) is 0 Å². The molecule has 1 aromatic rings. The van der Waals surface area contributed by atoms with Gasteiger partial charge in [-0.05, 0) is 44.2 Å². The number of benzene rings is 1. The molecule has 2 fully saturated rings. The minimum Gasteiger partial charge on any atom is -0.508 e. The van der Waals surface area contributed by atoms with E-state index in [0.717, 1.165) is 74.4 Å². The maximum absolute atomic E-state index is 14.8. The zero-order valence-corrected chi connectivity index (χ0v) is 18.8. The molecule has 31 heavy (non-hydrogen) atoms. The van der Waals surface area contributed by atoms with Gasteiger partial charge in [0, 0.05) is 43.1 Å². The van der Waals surface area contributed by atoms with Crippen molar-refractivity contribution >= 4 is 5.70 Å². The lowest BCUT2D eigenvalue weighted by Crippen LogP contribution is -2.64. The third-order valence-electron chi connectivity index (χ3n) is 7.42. The Kier molecular flexibility index (Phi) is 6.03. The number of piperazine rings is 1. The van der Waals surface area contributed by atoms with Crippen molar-refractivity contribution in [1.29, 1.82) is 0 Å². The number of halogens is 2. The highest BCUT2D eigenvalue weighted by Crippen LogP contribution is 2.43. The van der Waals surface area contributed by atoms with Crippen LogP contribution in [-0.2, 0) is 6.42 Å². The molecule has 0 amide bonds. The molecule has 3 heterocycles. The van der Waals surface area contributed by atoms with E-state index in [1.165, 1.54) is 6.92 Å². The van der Waals surface area contributed by atoms with Crippen molar-refractivity contribution in [2.24, 2.45) is 0 Å². The number of piperidine rings is 1. The van der Waals surface area contributed by atoms with Gasteiger partial charge in [0.25, 0.3) is 0 Å². The molecule has 2 atom stereocenters. The van der Waals surface area contributed by atoms with Crippen LogP contribution in [0.3, 0.4) is 0 Å². The van der Waals surface area contributed by atoms with Crippen molar-refractivity contribution in [3.63, 3.8) is 0 Å². The van der Waals surface area contributed by atoms with E-state index >= 15 is 0 Å². The molecule has 1 aromatic carbocycles. The quantitative estimate of drug-likeness (QED) is 0.700. The number of aryl methyl sites for hydroxylation is 1. The lowest BCUT2D eigenvalue weighted by Gasteiger charge is -2.52. The third-order valence-corrected chi connectivity index (χ3v) is 7.42. The number of hydrogen-bond acceptors (Lipinski definition) is 4. The van der Waals surface area contributed by atoms with E-state index in [9.17, 15) is 13.9 Å². The van der Waals surface area contributed by atoms with Gasteiger partial charge < -0.3 is 20.2 Å². The fraction of sp³-hybridized carbons (Fsp3) is 0.600. The van der Waals surface area contributed by atoms with Crippen molar-refractivity contribution < 1.29 is 13.9 Å². The van der Waals surface area contributed by atoms with Crippen molar-refractivity contribution in [2.45, 2.75) is 63.2 Å². The molecule has 1 spiro atoms. The van der Waals surface area contributed by atoms with E-state index in [1.54, 1.807) is 0 Å². The van der Waals surface area contributed by atoms with Gasteiger partial charge >= 0.3 is 0 Å². The van der Waals surface area contributed by atoms with Gasteiger partial charge in [-0.3, -0.25) is 0 Å². The minimum absolute atomic E-state index is 0.177. The van der Waals surface area contributed by atoms with Gasteiger partial charge in [-0.1, -0.05) is 38.1 Å². The molecule has 4 nitrogen and oxygen atoms in total. The van der Waals surface area contributed by atoms with Crippen LogP contribution in [0.1, 0.15) is 50.7 Å².